The van der Waals surface area contributed by atoms with E-state index in [0.717, 1.165) is 12.3 Å². The van der Waals surface area contributed by atoms with Gasteiger partial charge in [-0.25, -0.2) is 4.79 Å². The van der Waals surface area contributed by atoms with Crippen LogP contribution < -0.4 is 25.4 Å². The smallest absolute Gasteiger partial charge is 0.339 e. The Bertz CT molecular complexity index is 914. The Balaban J connectivity index is 1.81. The second-order valence-electron chi connectivity index (χ2n) is 5.28. The number of carbonyl (C=O) groups excluding carboxylic acids is 1. The van der Waals surface area contributed by atoms with Crippen molar-refractivity contribution in [2.24, 2.45) is 0 Å². The zero-order valence-corrected chi connectivity index (χ0v) is 13.3. The molecule has 2 heterocycles. The number of hydrogen-bond acceptors (Lipinski definition) is 8. The predicted octanol–water partition coefficient (Wildman–Crippen LogP) is 1.45. The number of hydrogen-bond donors (Lipinski definition) is 2. The van der Waals surface area contributed by atoms with Gasteiger partial charge in [0, 0.05) is 29.0 Å². The van der Waals surface area contributed by atoms with Crippen molar-refractivity contribution in [1.29, 1.82) is 0 Å². The fourth-order valence-corrected chi connectivity index (χ4v) is 2.17. The highest BCUT2D eigenvalue weighted by Crippen LogP contribution is 2.36. The average Bonchev–Trinajstić information content (AvgIpc) is 3.03. The number of esters is 1. The van der Waals surface area contributed by atoms with Gasteiger partial charge in [-0.05, 0) is 19.1 Å². The summed E-state index contributed by atoms with van der Waals surface area (Å²) >= 11 is 0. The van der Waals surface area contributed by atoms with E-state index in [9.17, 15) is 9.59 Å². The van der Waals surface area contributed by atoms with Crippen LogP contribution in [0.4, 0.5) is 5.69 Å². The Morgan fingerprint density at radius 3 is 2.72 bits per heavy atom. The molecule has 25 heavy (non-hydrogen) atoms. The van der Waals surface area contributed by atoms with E-state index in [2.05, 4.69) is 0 Å². The standard InChI is InChI=1S/C17H15NO7/c1-9(2-10-3-14-15(5-12(10)18)24-8-23-14)17(21)25-16-7-22-11(6-19)4-13(16)20/h2-5,7,19H,6,8,18H2,1H3/b9-2+. The Morgan fingerprint density at radius 1 is 1.32 bits per heavy atom. The fraction of sp³-hybridized carbons (Fsp3) is 0.176. The molecule has 0 aliphatic carbocycles. The van der Waals surface area contributed by atoms with Gasteiger partial charge in [0.2, 0.25) is 18.0 Å². The van der Waals surface area contributed by atoms with Crippen LogP contribution >= 0.6 is 0 Å². The molecule has 1 aromatic heterocycles. The first-order valence-corrected chi connectivity index (χ1v) is 7.30. The van der Waals surface area contributed by atoms with Crippen molar-refractivity contribution >= 4 is 17.7 Å². The lowest BCUT2D eigenvalue weighted by Gasteiger charge is -2.06. The zero-order valence-electron chi connectivity index (χ0n) is 13.3. The summed E-state index contributed by atoms with van der Waals surface area (Å²) in [5.41, 5.74) is 6.54. The van der Waals surface area contributed by atoms with Gasteiger partial charge >= 0.3 is 5.97 Å². The minimum atomic E-state index is -0.735. The van der Waals surface area contributed by atoms with Gasteiger partial charge in [-0.1, -0.05) is 0 Å². The Hall–Kier alpha value is -3.26. The van der Waals surface area contributed by atoms with Crippen LogP contribution in [0, 0.1) is 0 Å². The lowest BCUT2D eigenvalue weighted by atomic mass is 10.1. The number of ether oxygens (including phenoxy) is 3. The maximum atomic E-state index is 12.2. The molecular weight excluding hydrogens is 330 g/mol. The number of carbonyl (C=O) groups is 1. The minimum absolute atomic E-state index is 0.0743. The molecule has 0 atom stereocenters. The van der Waals surface area contributed by atoms with E-state index in [1.807, 2.05) is 0 Å². The van der Waals surface area contributed by atoms with E-state index in [0.29, 0.717) is 22.7 Å². The summed E-state index contributed by atoms with van der Waals surface area (Å²) in [6.45, 7) is 1.21. The maximum Gasteiger partial charge on any atom is 0.339 e. The van der Waals surface area contributed by atoms with Gasteiger partial charge in [0.1, 0.15) is 18.6 Å². The molecule has 3 rings (SSSR count). The number of aliphatic hydroxyl groups excluding tert-OH is 1. The molecule has 0 spiro atoms. The number of nitrogen functional groups attached to an aromatic ring is 1. The number of nitrogens with two attached hydrogens (primary N) is 1. The molecule has 0 unspecified atom stereocenters. The lowest BCUT2D eigenvalue weighted by molar-refractivity contribution is -0.130. The Morgan fingerprint density at radius 2 is 2.04 bits per heavy atom. The van der Waals surface area contributed by atoms with Crippen molar-refractivity contribution in [2.75, 3.05) is 12.5 Å². The third-order valence-electron chi connectivity index (χ3n) is 3.48. The van der Waals surface area contributed by atoms with Crippen LogP contribution in [0.15, 0.2) is 39.2 Å². The highest BCUT2D eigenvalue weighted by atomic mass is 16.7. The number of benzene rings is 1. The van der Waals surface area contributed by atoms with Crippen molar-refractivity contribution in [3.8, 4) is 17.2 Å². The predicted molar refractivity (Wildman–Crippen MR) is 87.2 cm³/mol. The SMILES string of the molecule is C/C(=C\c1cc2c(cc1N)OCO2)C(=O)Oc1coc(CO)cc1=O. The molecule has 8 heteroatoms. The quantitative estimate of drug-likeness (QED) is 0.485. The highest BCUT2D eigenvalue weighted by molar-refractivity contribution is 5.95. The average molecular weight is 345 g/mol. The molecule has 2 aromatic rings. The Labute approximate surface area is 142 Å². The number of rotatable bonds is 4. The molecule has 8 nitrogen and oxygen atoms in total. The van der Waals surface area contributed by atoms with Crippen molar-refractivity contribution < 1.29 is 28.5 Å². The van der Waals surface area contributed by atoms with Crippen LogP contribution in [0.2, 0.25) is 0 Å². The summed E-state index contributed by atoms with van der Waals surface area (Å²) < 4.78 is 20.5. The van der Waals surface area contributed by atoms with E-state index < -0.39 is 18.0 Å². The number of aliphatic hydroxyl groups is 1. The van der Waals surface area contributed by atoms with Crippen molar-refractivity contribution in [3.05, 3.63) is 51.6 Å². The molecule has 0 amide bonds. The highest BCUT2D eigenvalue weighted by Gasteiger charge is 2.17. The first kappa shape index (κ1) is 16.6. The van der Waals surface area contributed by atoms with Crippen LogP contribution in [0.1, 0.15) is 18.2 Å². The monoisotopic (exact) mass is 345 g/mol. The van der Waals surface area contributed by atoms with Gasteiger partial charge in [-0.2, -0.15) is 0 Å². The fourth-order valence-electron chi connectivity index (χ4n) is 2.17. The molecule has 0 saturated heterocycles. The van der Waals surface area contributed by atoms with Gasteiger partial charge in [0.15, 0.2) is 11.5 Å². The third kappa shape index (κ3) is 3.48. The number of anilines is 1. The molecule has 0 fully saturated rings. The summed E-state index contributed by atoms with van der Waals surface area (Å²) in [6.07, 6.45) is 2.50. The van der Waals surface area contributed by atoms with Crippen LogP contribution in [0.5, 0.6) is 17.2 Å². The molecule has 1 aliphatic rings. The molecule has 3 N–H and O–H groups in total. The topological polar surface area (TPSA) is 121 Å². The summed E-state index contributed by atoms with van der Waals surface area (Å²) in [7, 11) is 0. The minimum Gasteiger partial charge on any atom is -0.463 e. The van der Waals surface area contributed by atoms with E-state index in [1.54, 1.807) is 12.1 Å². The Kier molecular flexibility index (Phi) is 4.44. The van der Waals surface area contributed by atoms with Crippen LogP contribution in [-0.2, 0) is 11.4 Å². The lowest BCUT2D eigenvalue weighted by Crippen LogP contribution is -2.15. The van der Waals surface area contributed by atoms with E-state index >= 15 is 0 Å². The summed E-state index contributed by atoms with van der Waals surface area (Å²) in [5.74, 6) is 0.137. The molecule has 130 valence electrons. The van der Waals surface area contributed by atoms with Gasteiger partial charge in [-0.3, -0.25) is 4.79 Å². The number of fused-ring (bicyclic) bond motifs is 1. The first-order chi connectivity index (χ1) is 12.0. The normalized spacial score (nSPS) is 13.0. The first-order valence-electron chi connectivity index (χ1n) is 7.30. The van der Waals surface area contributed by atoms with Gasteiger partial charge in [0.05, 0.1) is 0 Å². The van der Waals surface area contributed by atoms with Gasteiger partial charge < -0.3 is 29.5 Å². The largest absolute Gasteiger partial charge is 0.463 e. The van der Waals surface area contributed by atoms with Crippen molar-refractivity contribution in [1.82, 2.24) is 0 Å². The second-order valence-corrected chi connectivity index (χ2v) is 5.28. The van der Waals surface area contributed by atoms with Crippen LogP contribution in [-0.4, -0.2) is 17.9 Å². The molecule has 1 aliphatic heterocycles. The van der Waals surface area contributed by atoms with E-state index in [-0.39, 0.29) is 23.9 Å². The third-order valence-corrected chi connectivity index (χ3v) is 3.48. The molecule has 0 bridgehead atoms. The van der Waals surface area contributed by atoms with Crippen molar-refractivity contribution in [2.45, 2.75) is 13.5 Å². The molecule has 1 aromatic carbocycles. The van der Waals surface area contributed by atoms with E-state index in [4.69, 9.17) is 29.5 Å². The molecule has 0 radical (unpaired) electrons. The van der Waals surface area contributed by atoms with Crippen molar-refractivity contribution in [3.63, 3.8) is 0 Å². The van der Waals surface area contributed by atoms with Crippen LogP contribution in [0.25, 0.3) is 6.08 Å². The van der Waals surface area contributed by atoms with Crippen LogP contribution in [0.3, 0.4) is 0 Å². The summed E-state index contributed by atoms with van der Waals surface area (Å²) in [5, 5.41) is 8.90. The van der Waals surface area contributed by atoms with Gasteiger partial charge in [0.25, 0.3) is 0 Å². The molecular formula is C17H15NO7. The second kappa shape index (κ2) is 6.70. The summed E-state index contributed by atoms with van der Waals surface area (Å²) in [4.78, 5) is 23.9. The van der Waals surface area contributed by atoms with E-state index in [1.165, 1.54) is 13.0 Å². The van der Waals surface area contributed by atoms with Gasteiger partial charge in [-0.15, -0.1) is 0 Å². The molecule has 0 saturated carbocycles. The zero-order chi connectivity index (χ0) is 18.0. The summed E-state index contributed by atoms with van der Waals surface area (Å²) in [6, 6.07) is 4.31. The maximum absolute atomic E-state index is 12.2.